The molecular formula is C12H17NO4S. The number of nitrogens with zero attached hydrogens (tertiary/aromatic N) is 1. The quantitative estimate of drug-likeness (QED) is 0.763. The van der Waals surface area contributed by atoms with Crippen LogP contribution >= 0.6 is 11.8 Å². The molecule has 0 atom stereocenters. The highest BCUT2D eigenvalue weighted by molar-refractivity contribution is 7.99. The minimum absolute atomic E-state index is 0.0242. The van der Waals surface area contributed by atoms with Gasteiger partial charge in [0.2, 0.25) is 5.91 Å². The van der Waals surface area contributed by atoms with E-state index in [-0.39, 0.29) is 5.91 Å². The fourth-order valence-electron chi connectivity index (χ4n) is 1.49. The predicted molar refractivity (Wildman–Crippen MR) is 69.6 cm³/mol. The molecule has 6 heteroatoms. The van der Waals surface area contributed by atoms with Crippen molar-refractivity contribution in [2.45, 2.75) is 13.5 Å². The minimum Gasteiger partial charge on any atom is -0.465 e. The molecule has 0 unspecified atom stereocenters. The van der Waals surface area contributed by atoms with Crippen molar-refractivity contribution in [1.82, 2.24) is 4.90 Å². The van der Waals surface area contributed by atoms with Crippen molar-refractivity contribution in [2.24, 2.45) is 0 Å². The van der Waals surface area contributed by atoms with Gasteiger partial charge >= 0.3 is 5.97 Å². The number of hydrogen-bond donors (Lipinski definition) is 0. The van der Waals surface area contributed by atoms with E-state index in [0.29, 0.717) is 29.4 Å². The molecule has 5 nitrogen and oxygen atoms in total. The second kappa shape index (κ2) is 6.49. The summed E-state index contributed by atoms with van der Waals surface area (Å²) in [6.07, 6.45) is 1.87. The van der Waals surface area contributed by atoms with Gasteiger partial charge < -0.3 is 14.1 Å². The van der Waals surface area contributed by atoms with E-state index in [1.54, 1.807) is 24.9 Å². The molecule has 100 valence electrons. The SMILES string of the molecule is COC(=O)c1cc(CN(C)C(=O)CSC)oc1C. The van der Waals surface area contributed by atoms with Gasteiger partial charge in [0.25, 0.3) is 0 Å². The van der Waals surface area contributed by atoms with Crippen LogP contribution in [0.5, 0.6) is 0 Å². The number of carbonyl (C=O) groups is 2. The van der Waals surface area contributed by atoms with Crippen LogP contribution in [-0.4, -0.2) is 42.9 Å². The van der Waals surface area contributed by atoms with Gasteiger partial charge in [-0.2, -0.15) is 11.8 Å². The van der Waals surface area contributed by atoms with Crippen LogP contribution in [0.25, 0.3) is 0 Å². The van der Waals surface area contributed by atoms with Gasteiger partial charge in [-0.1, -0.05) is 0 Å². The fraction of sp³-hybridized carbons (Fsp3) is 0.500. The van der Waals surface area contributed by atoms with Crippen molar-refractivity contribution in [1.29, 1.82) is 0 Å². The number of ether oxygens (including phenoxy) is 1. The summed E-state index contributed by atoms with van der Waals surface area (Å²) in [5, 5.41) is 0. The molecule has 1 amide bonds. The molecule has 0 aromatic carbocycles. The number of furan rings is 1. The summed E-state index contributed by atoms with van der Waals surface area (Å²) in [5.74, 6) is 1.10. The van der Waals surface area contributed by atoms with Crippen LogP contribution in [-0.2, 0) is 16.1 Å². The average molecular weight is 271 g/mol. The summed E-state index contributed by atoms with van der Waals surface area (Å²) < 4.78 is 10.1. The Hall–Kier alpha value is -1.43. The molecule has 1 rings (SSSR count). The molecule has 0 N–H and O–H groups in total. The first-order valence-electron chi connectivity index (χ1n) is 5.40. The first-order chi connectivity index (χ1) is 8.49. The highest BCUT2D eigenvalue weighted by Crippen LogP contribution is 2.17. The third-order valence-electron chi connectivity index (χ3n) is 2.46. The number of carbonyl (C=O) groups excluding carboxylic acids is 2. The second-order valence-electron chi connectivity index (χ2n) is 3.86. The Morgan fingerprint density at radius 2 is 2.17 bits per heavy atom. The Labute approximate surface area is 110 Å². The Morgan fingerprint density at radius 1 is 1.50 bits per heavy atom. The van der Waals surface area contributed by atoms with Gasteiger partial charge in [-0.15, -0.1) is 0 Å². The monoisotopic (exact) mass is 271 g/mol. The first-order valence-corrected chi connectivity index (χ1v) is 6.79. The maximum Gasteiger partial charge on any atom is 0.341 e. The van der Waals surface area contributed by atoms with Gasteiger partial charge in [0, 0.05) is 7.05 Å². The van der Waals surface area contributed by atoms with Crippen molar-refractivity contribution in [3.8, 4) is 0 Å². The van der Waals surface area contributed by atoms with Gasteiger partial charge in [-0.25, -0.2) is 4.79 Å². The number of aryl methyl sites for hydroxylation is 1. The smallest absolute Gasteiger partial charge is 0.341 e. The molecule has 1 aromatic heterocycles. The lowest BCUT2D eigenvalue weighted by atomic mass is 10.2. The van der Waals surface area contributed by atoms with E-state index in [1.165, 1.54) is 18.9 Å². The Balaban J connectivity index is 2.74. The molecule has 18 heavy (non-hydrogen) atoms. The maximum absolute atomic E-state index is 11.6. The zero-order valence-electron chi connectivity index (χ0n) is 11.0. The molecule has 0 bridgehead atoms. The summed E-state index contributed by atoms with van der Waals surface area (Å²) >= 11 is 1.47. The number of amides is 1. The molecule has 1 aromatic rings. The van der Waals surface area contributed by atoms with Gasteiger partial charge in [0.15, 0.2) is 0 Å². The number of thioether (sulfide) groups is 1. The van der Waals surface area contributed by atoms with E-state index in [4.69, 9.17) is 4.42 Å². The molecule has 0 aliphatic carbocycles. The number of hydrogen-bond acceptors (Lipinski definition) is 5. The summed E-state index contributed by atoms with van der Waals surface area (Å²) in [6, 6.07) is 1.62. The topological polar surface area (TPSA) is 59.8 Å². The lowest BCUT2D eigenvalue weighted by Gasteiger charge is -2.14. The Bertz CT molecular complexity index is 441. The zero-order chi connectivity index (χ0) is 13.7. The molecule has 0 aliphatic rings. The number of rotatable bonds is 5. The Morgan fingerprint density at radius 3 is 2.72 bits per heavy atom. The molecule has 0 radical (unpaired) electrons. The van der Waals surface area contributed by atoms with E-state index < -0.39 is 5.97 Å². The largest absolute Gasteiger partial charge is 0.465 e. The molecule has 1 heterocycles. The van der Waals surface area contributed by atoms with Gasteiger partial charge in [0.05, 0.1) is 19.4 Å². The van der Waals surface area contributed by atoms with Crippen LogP contribution < -0.4 is 0 Å². The van der Waals surface area contributed by atoms with E-state index in [1.807, 2.05) is 6.26 Å². The van der Waals surface area contributed by atoms with Crippen LogP contribution in [0.1, 0.15) is 21.9 Å². The summed E-state index contributed by atoms with van der Waals surface area (Å²) in [6.45, 7) is 2.04. The van der Waals surface area contributed by atoms with Crippen molar-refractivity contribution in [2.75, 3.05) is 26.2 Å². The minimum atomic E-state index is -0.430. The average Bonchev–Trinajstić information content (AvgIpc) is 2.69. The lowest BCUT2D eigenvalue weighted by molar-refractivity contribution is -0.127. The standard InChI is InChI=1S/C12H17NO4S/c1-8-10(12(15)16-3)5-9(17-8)6-13(2)11(14)7-18-4/h5H,6-7H2,1-4H3. The predicted octanol–water partition coefficient (Wildman–Crippen LogP) is 1.70. The van der Waals surface area contributed by atoms with Gasteiger partial charge in [0.1, 0.15) is 17.1 Å². The van der Waals surface area contributed by atoms with Crippen LogP contribution in [0, 0.1) is 6.92 Å². The van der Waals surface area contributed by atoms with Crippen molar-refractivity contribution >= 4 is 23.6 Å². The molecular weight excluding hydrogens is 254 g/mol. The summed E-state index contributed by atoms with van der Waals surface area (Å²) in [4.78, 5) is 24.6. The second-order valence-corrected chi connectivity index (χ2v) is 4.72. The number of esters is 1. The lowest BCUT2D eigenvalue weighted by Crippen LogP contribution is -2.27. The van der Waals surface area contributed by atoms with E-state index in [9.17, 15) is 9.59 Å². The van der Waals surface area contributed by atoms with Crippen LogP contribution in [0.3, 0.4) is 0 Å². The maximum atomic E-state index is 11.6. The summed E-state index contributed by atoms with van der Waals surface area (Å²) in [5.41, 5.74) is 0.401. The summed E-state index contributed by atoms with van der Waals surface area (Å²) in [7, 11) is 3.02. The first kappa shape index (κ1) is 14.6. The molecule has 0 aliphatic heterocycles. The van der Waals surface area contributed by atoms with Crippen molar-refractivity contribution in [3.63, 3.8) is 0 Å². The van der Waals surface area contributed by atoms with Gasteiger partial charge in [-0.3, -0.25) is 4.79 Å². The van der Waals surface area contributed by atoms with Crippen LogP contribution in [0.4, 0.5) is 0 Å². The van der Waals surface area contributed by atoms with Crippen molar-refractivity contribution in [3.05, 3.63) is 23.2 Å². The van der Waals surface area contributed by atoms with Crippen LogP contribution in [0.15, 0.2) is 10.5 Å². The fourth-order valence-corrected chi connectivity index (χ4v) is 1.96. The normalized spacial score (nSPS) is 10.2. The Kier molecular flexibility index (Phi) is 5.27. The highest BCUT2D eigenvalue weighted by Gasteiger charge is 2.17. The third-order valence-corrected chi connectivity index (χ3v) is 3.00. The van der Waals surface area contributed by atoms with E-state index in [2.05, 4.69) is 4.74 Å². The third kappa shape index (κ3) is 3.53. The molecule has 0 saturated heterocycles. The van der Waals surface area contributed by atoms with Crippen molar-refractivity contribution < 1.29 is 18.7 Å². The molecule has 0 fully saturated rings. The van der Waals surface area contributed by atoms with Crippen LogP contribution in [0.2, 0.25) is 0 Å². The zero-order valence-corrected chi connectivity index (χ0v) is 11.8. The van der Waals surface area contributed by atoms with Gasteiger partial charge in [-0.05, 0) is 19.2 Å². The highest BCUT2D eigenvalue weighted by atomic mass is 32.2. The number of methoxy groups -OCH3 is 1. The van der Waals surface area contributed by atoms with E-state index in [0.717, 1.165) is 0 Å². The van der Waals surface area contributed by atoms with E-state index >= 15 is 0 Å². The molecule has 0 saturated carbocycles. The molecule has 0 spiro atoms.